The van der Waals surface area contributed by atoms with Gasteiger partial charge in [0.15, 0.2) is 0 Å². The lowest BCUT2D eigenvalue weighted by molar-refractivity contribution is -0.139. The van der Waals surface area contributed by atoms with Gasteiger partial charge in [-0.2, -0.15) is 0 Å². The van der Waals surface area contributed by atoms with Crippen molar-refractivity contribution in [3.8, 4) is 5.75 Å². The highest BCUT2D eigenvalue weighted by molar-refractivity contribution is 5.71. The number of ether oxygens (including phenoxy) is 1. The molecule has 0 amide bonds. The number of hydrogen-bond acceptors (Lipinski definition) is 4. The lowest BCUT2D eigenvalue weighted by Crippen LogP contribution is -2.23. The van der Waals surface area contributed by atoms with E-state index >= 15 is 0 Å². The number of rotatable bonds is 4. The molecule has 0 fully saturated rings. The van der Waals surface area contributed by atoms with Crippen molar-refractivity contribution in [1.82, 2.24) is 5.32 Å². The van der Waals surface area contributed by atoms with E-state index in [1.54, 1.807) is 24.3 Å². The third-order valence-corrected chi connectivity index (χ3v) is 1.76. The van der Waals surface area contributed by atoms with Crippen LogP contribution in [0.2, 0.25) is 0 Å². The molecule has 0 radical (unpaired) electrons. The summed E-state index contributed by atoms with van der Waals surface area (Å²) < 4.78 is 4.47. The average molecular weight is 195 g/mol. The van der Waals surface area contributed by atoms with Crippen molar-refractivity contribution in [3.63, 3.8) is 0 Å². The van der Waals surface area contributed by atoms with E-state index in [-0.39, 0.29) is 18.3 Å². The Balaban J connectivity index is 2.31. The van der Waals surface area contributed by atoms with Gasteiger partial charge >= 0.3 is 5.97 Å². The topological polar surface area (TPSA) is 58.6 Å². The first kappa shape index (κ1) is 10.5. The number of aromatic hydroxyl groups is 1. The molecule has 0 unspecified atom stereocenters. The van der Waals surface area contributed by atoms with Gasteiger partial charge in [-0.1, -0.05) is 12.1 Å². The molecule has 4 nitrogen and oxygen atoms in total. The molecule has 1 rings (SSSR count). The Bertz CT molecular complexity index is 295. The van der Waals surface area contributed by atoms with Crippen molar-refractivity contribution < 1.29 is 14.6 Å². The molecule has 0 aliphatic heterocycles. The Morgan fingerprint density at radius 3 is 2.64 bits per heavy atom. The van der Waals surface area contributed by atoms with Crippen molar-refractivity contribution in [1.29, 1.82) is 0 Å². The molecule has 0 atom stereocenters. The molecule has 0 heterocycles. The van der Waals surface area contributed by atoms with Crippen LogP contribution >= 0.6 is 0 Å². The van der Waals surface area contributed by atoms with Crippen LogP contribution in [0.15, 0.2) is 24.3 Å². The number of esters is 1. The Labute approximate surface area is 82.5 Å². The minimum atomic E-state index is -0.288. The second-order valence-electron chi connectivity index (χ2n) is 2.85. The summed E-state index contributed by atoms with van der Waals surface area (Å²) in [6, 6.07) is 6.80. The molecule has 14 heavy (non-hydrogen) atoms. The fourth-order valence-electron chi connectivity index (χ4n) is 0.995. The summed E-state index contributed by atoms with van der Waals surface area (Å²) in [6.07, 6.45) is 0. The largest absolute Gasteiger partial charge is 0.508 e. The van der Waals surface area contributed by atoms with Crippen LogP contribution in [0.3, 0.4) is 0 Å². The van der Waals surface area contributed by atoms with Gasteiger partial charge in [-0.05, 0) is 17.7 Å². The summed E-state index contributed by atoms with van der Waals surface area (Å²) in [5.41, 5.74) is 1.01. The van der Waals surface area contributed by atoms with Crippen LogP contribution in [0, 0.1) is 0 Å². The summed E-state index contributed by atoms with van der Waals surface area (Å²) in [7, 11) is 1.35. The van der Waals surface area contributed by atoms with E-state index in [0.717, 1.165) is 5.56 Å². The Morgan fingerprint density at radius 1 is 1.43 bits per heavy atom. The van der Waals surface area contributed by atoms with Gasteiger partial charge < -0.3 is 15.2 Å². The van der Waals surface area contributed by atoms with Crippen LogP contribution in [-0.4, -0.2) is 24.7 Å². The van der Waals surface area contributed by atoms with E-state index in [0.29, 0.717) is 6.54 Å². The Morgan fingerprint density at radius 2 is 2.07 bits per heavy atom. The monoisotopic (exact) mass is 195 g/mol. The fraction of sp³-hybridized carbons (Fsp3) is 0.300. The van der Waals surface area contributed by atoms with Gasteiger partial charge in [-0.15, -0.1) is 0 Å². The average Bonchev–Trinajstić information content (AvgIpc) is 2.21. The molecule has 1 aromatic carbocycles. The predicted molar refractivity (Wildman–Crippen MR) is 51.8 cm³/mol. The maximum Gasteiger partial charge on any atom is 0.319 e. The number of phenols is 1. The standard InChI is InChI=1S/C10H13NO3/c1-14-10(13)7-11-6-8-2-4-9(12)5-3-8/h2-5,11-12H,6-7H2,1H3. The van der Waals surface area contributed by atoms with E-state index in [1.165, 1.54) is 7.11 Å². The number of carbonyl (C=O) groups is 1. The minimum Gasteiger partial charge on any atom is -0.508 e. The van der Waals surface area contributed by atoms with E-state index in [9.17, 15) is 4.79 Å². The predicted octanol–water partition coefficient (Wildman–Crippen LogP) is 0.655. The van der Waals surface area contributed by atoms with Crippen molar-refractivity contribution in [3.05, 3.63) is 29.8 Å². The summed E-state index contributed by atoms with van der Waals surface area (Å²) in [5.74, 6) is -0.0505. The quantitative estimate of drug-likeness (QED) is 0.693. The third-order valence-electron chi connectivity index (χ3n) is 1.76. The Kier molecular flexibility index (Phi) is 3.94. The summed E-state index contributed by atoms with van der Waals surface area (Å²) >= 11 is 0. The smallest absolute Gasteiger partial charge is 0.319 e. The minimum absolute atomic E-state index is 0.192. The van der Waals surface area contributed by atoms with Gasteiger partial charge in [0.05, 0.1) is 13.7 Å². The van der Waals surface area contributed by atoms with Crippen molar-refractivity contribution >= 4 is 5.97 Å². The molecule has 0 aliphatic rings. The molecule has 0 spiro atoms. The molecular weight excluding hydrogens is 182 g/mol. The van der Waals surface area contributed by atoms with Crippen molar-refractivity contribution in [2.45, 2.75) is 6.54 Å². The molecule has 0 saturated heterocycles. The second-order valence-corrected chi connectivity index (χ2v) is 2.85. The zero-order valence-corrected chi connectivity index (χ0v) is 7.99. The third kappa shape index (κ3) is 3.45. The zero-order chi connectivity index (χ0) is 10.4. The van der Waals surface area contributed by atoms with Crippen molar-refractivity contribution in [2.24, 2.45) is 0 Å². The van der Waals surface area contributed by atoms with Crippen LogP contribution in [0.25, 0.3) is 0 Å². The Hall–Kier alpha value is -1.55. The van der Waals surface area contributed by atoms with E-state index in [2.05, 4.69) is 10.1 Å². The molecule has 0 saturated carbocycles. The normalized spacial score (nSPS) is 9.79. The number of nitrogens with one attached hydrogen (secondary N) is 1. The van der Waals surface area contributed by atoms with Gasteiger partial charge in [-0.3, -0.25) is 4.79 Å². The highest BCUT2D eigenvalue weighted by Crippen LogP contribution is 2.08. The molecule has 1 aromatic rings. The fourth-order valence-corrected chi connectivity index (χ4v) is 0.995. The summed E-state index contributed by atoms with van der Waals surface area (Å²) in [5, 5.41) is 11.9. The maximum absolute atomic E-state index is 10.7. The molecular formula is C10H13NO3. The maximum atomic E-state index is 10.7. The second kappa shape index (κ2) is 5.24. The molecule has 0 aromatic heterocycles. The number of benzene rings is 1. The van der Waals surface area contributed by atoms with Gasteiger partial charge in [-0.25, -0.2) is 0 Å². The number of phenolic OH excluding ortho intramolecular Hbond substituents is 1. The first-order valence-corrected chi connectivity index (χ1v) is 4.28. The first-order valence-electron chi connectivity index (χ1n) is 4.28. The molecule has 76 valence electrons. The van der Waals surface area contributed by atoms with Crippen LogP contribution in [0.4, 0.5) is 0 Å². The highest BCUT2D eigenvalue weighted by Gasteiger charge is 1.98. The van der Waals surface area contributed by atoms with E-state index < -0.39 is 0 Å². The number of hydrogen-bond donors (Lipinski definition) is 2. The summed E-state index contributed by atoms with van der Waals surface area (Å²) in [6.45, 7) is 0.771. The van der Waals surface area contributed by atoms with Gasteiger partial charge in [0.2, 0.25) is 0 Å². The molecule has 0 aliphatic carbocycles. The van der Waals surface area contributed by atoms with Crippen molar-refractivity contribution in [2.75, 3.05) is 13.7 Å². The van der Waals surface area contributed by atoms with Gasteiger partial charge in [0.25, 0.3) is 0 Å². The van der Waals surface area contributed by atoms with Crippen LogP contribution in [0.1, 0.15) is 5.56 Å². The van der Waals surface area contributed by atoms with Gasteiger partial charge in [0.1, 0.15) is 5.75 Å². The van der Waals surface area contributed by atoms with Crippen LogP contribution < -0.4 is 5.32 Å². The van der Waals surface area contributed by atoms with E-state index in [1.807, 2.05) is 0 Å². The highest BCUT2D eigenvalue weighted by atomic mass is 16.5. The van der Waals surface area contributed by atoms with Crippen LogP contribution in [0.5, 0.6) is 5.75 Å². The molecule has 4 heteroatoms. The molecule has 2 N–H and O–H groups in total. The lowest BCUT2D eigenvalue weighted by Gasteiger charge is -2.03. The summed E-state index contributed by atoms with van der Waals surface area (Å²) in [4.78, 5) is 10.7. The van der Waals surface area contributed by atoms with Crippen LogP contribution in [-0.2, 0) is 16.1 Å². The number of carbonyl (C=O) groups excluding carboxylic acids is 1. The van der Waals surface area contributed by atoms with E-state index in [4.69, 9.17) is 5.11 Å². The first-order chi connectivity index (χ1) is 6.72. The van der Waals surface area contributed by atoms with Gasteiger partial charge in [0, 0.05) is 6.54 Å². The zero-order valence-electron chi connectivity index (χ0n) is 7.99. The lowest BCUT2D eigenvalue weighted by atomic mass is 10.2. The SMILES string of the molecule is COC(=O)CNCc1ccc(O)cc1. The number of methoxy groups -OCH3 is 1. The molecule has 0 bridgehead atoms.